The summed E-state index contributed by atoms with van der Waals surface area (Å²) in [4.78, 5) is 13.8. The van der Waals surface area contributed by atoms with E-state index in [1.54, 1.807) is 11.0 Å². The summed E-state index contributed by atoms with van der Waals surface area (Å²) < 4.78 is 13.2. The minimum atomic E-state index is -0.530. The first-order chi connectivity index (χ1) is 7.63. The van der Waals surface area contributed by atoms with Gasteiger partial charge in [-0.05, 0) is 38.0 Å². The highest BCUT2D eigenvalue weighted by molar-refractivity contribution is 5.95. The fourth-order valence-corrected chi connectivity index (χ4v) is 1.78. The lowest BCUT2D eigenvalue weighted by Crippen LogP contribution is -2.32. The maximum Gasteiger partial charge on any atom is 0.254 e. The van der Waals surface area contributed by atoms with Gasteiger partial charge in [-0.2, -0.15) is 0 Å². The molecule has 0 aromatic heterocycles. The highest BCUT2D eigenvalue weighted by atomic mass is 19.1. The van der Waals surface area contributed by atoms with Crippen molar-refractivity contribution >= 4 is 11.6 Å². The highest BCUT2D eigenvalue weighted by Crippen LogP contribution is 2.28. The molecule has 3 nitrogen and oxygen atoms in total. The SMILES string of the molecule is CCN(C(=O)c1ccc(N)c(F)c1)C1CC1. The molecule has 86 valence electrons. The van der Waals surface area contributed by atoms with Gasteiger partial charge < -0.3 is 10.6 Å². The topological polar surface area (TPSA) is 46.3 Å². The molecule has 1 saturated carbocycles. The standard InChI is InChI=1S/C12H15FN2O/c1-2-15(9-4-5-9)12(16)8-3-6-11(14)10(13)7-8/h3,6-7,9H,2,4-5,14H2,1H3. The van der Waals surface area contributed by atoms with Crippen molar-refractivity contribution in [1.82, 2.24) is 4.90 Å². The van der Waals surface area contributed by atoms with Crippen LogP contribution in [0.2, 0.25) is 0 Å². The highest BCUT2D eigenvalue weighted by Gasteiger charge is 2.31. The molecule has 1 aliphatic rings. The van der Waals surface area contributed by atoms with Crippen LogP contribution in [0.15, 0.2) is 18.2 Å². The molecular weight excluding hydrogens is 207 g/mol. The van der Waals surface area contributed by atoms with Crippen LogP contribution in [0.1, 0.15) is 30.1 Å². The van der Waals surface area contributed by atoms with Crippen molar-refractivity contribution in [3.05, 3.63) is 29.6 Å². The van der Waals surface area contributed by atoms with E-state index >= 15 is 0 Å². The van der Waals surface area contributed by atoms with E-state index in [1.807, 2.05) is 6.92 Å². The Hall–Kier alpha value is -1.58. The molecule has 0 aliphatic heterocycles. The van der Waals surface area contributed by atoms with Gasteiger partial charge in [0.05, 0.1) is 5.69 Å². The van der Waals surface area contributed by atoms with Gasteiger partial charge in [-0.15, -0.1) is 0 Å². The molecule has 1 amide bonds. The second-order valence-corrected chi connectivity index (χ2v) is 4.06. The van der Waals surface area contributed by atoms with Gasteiger partial charge in [-0.1, -0.05) is 0 Å². The number of nitrogens with zero attached hydrogens (tertiary/aromatic N) is 1. The fourth-order valence-electron chi connectivity index (χ4n) is 1.78. The molecule has 1 aromatic carbocycles. The second-order valence-electron chi connectivity index (χ2n) is 4.06. The van der Waals surface area contributed by atoms with Gasteiger partial charge in [-0.25, -0.2) is 4.39 Å². The van der Waals surface area contributed by atoms with E-state index in [2.05, 4.69) is 0 Å². The summed E-state index contributed by atoms with van der Waals surface area (Å²) in [7, 11) is 0. The molecule has 0 atom stereocenters. The first kappa shape index (κ1) is 10.9. The minimum Gasteiger partial charge on any atom is -0.396 e. The van der Waals surface area contributed by atoms with Crippen LogP contribution in [0.3, 0.4) is 0 Å². The first-order valence-corrected chi connectivity index (χ1v) is 5.49. The van der Waals surface area contributed by atoms with Crippen molar-refractivity contribution in [2.45, 2.75) is 25.8 Å². The zero-order chi connectivity index (χ0) is 11.7. The van der Waals surface area contributed by atoms with Crippen LogP contribution in [-0.4, -0.2) is 23.4 Å². The van der Waals surface area contributed by atoms with Crippen LogP contribution in [0.25, 0.3) is 0 Å². The number of nitrogens with two attached hydrogens (primary N) is 1. The summed E-state index contributed by atoms with van der Waals surface area (Å²) in [5.41, 5.74) is 5.82. The summed E-state index contributed by atoms with van der Waals surface area (Å²) in [6.07, 6.45) is 2.11. The van der Waals surface area contributed by atoms with Gasteiger partial charge in [0.15, 0.2) is 0 Å². The minimum absolute atomic E-state index is 0.0750. The molecule has 0 spiro atoms. The Morgan fingerprint density at radius 2 is 2.25 bits per heavy atom. The van der Waals surface area contributed by atoms with Crippen LogP contribution in [0.4, 0.5) is 10.1 Å². The zero-order valence-corrected chi connectivity index (χ0v) is 9.24. The molecule has 1 aliphatic carbocycles. The van der Waals surface area contributed by atoms with Gasteiger partial charge in [0.2, 0.25) is 0 Å². The van der Waals surface area contributed by atoms with E-state index < -0.39 is 5.82 Å². The zero-order valence-electron chi connectivity index (χ0n) is 9.24. The lowest BCUT2D eigenvalue weighted by atomic mass is 10.1. The Kier molecular flexibility index (Phi) is 2.81. The van der Waals surface area contributed by atoms with Crippen molar-refractivity contribution in [1.29, 1.82) is 0 Å². The maximum absolute atomic E-state index is 13.2. The van der Waals surface area contributed by atoms with Crippen molar-refractivity contribution in [2.24, 2.45) is 0 Å². The van der Waals surface area contributed by atoms with Crippen molar-refractivity contribution in [2.75, 3.05) is 12.3 Å². The summed E-state index contributed by atoms with van der Waals surface area (Å²) >= 11 is 0. The first-order valence-electron chi connectivity index (χ1n) is 5.49. The molecule has 0 saturated heterocycles. The molecule has 1 fully saturated rings. The smallest absolute Gasteiger partial charge is 0.254 e. The van der Waals surface area contributed by atoms with Crippen molar-refractivity contribution < 1.29 is 9.18 Å². The summed E-state index contributed by atoms with van der Waals surface area (Å²) in [6.45, 7) is 2.60. The van der Waals surface area contributed by atoms with E-state index in [9.17, 15) is 9.18 Å². The molecule has 0 unspecified atom stereocenters. The number of carbonyl (C=O) groups is 1. The molecule has 2 N–H and O–H groups in total. The number of hydrogen-bond donors (Lipinski definition) is 1. The molecule has 1 aromatic rings. The van der Waals surface area contributed by atoms with Crippen LogP contribution in [0.5, 0.6) is 0 Å². The number of carbonyl (C=O) groups excluding carboxylic acids is 1. The Labute approximate surface area is 94.0 Å². The average Bonchev–Trinajstić information content (AvgIpc) is 3.07. The third-order valence-corrected chi connectivity index (χ3v) is 2.84. The van der Waals surface area contributed by atoms with E-state index in [0.717, 1.165) is 12.8 Å². The van der Waals surface area contributed by atoms with Crippen LogP contribution in [-0.2, 0) is 0 Å². The Bertz CT molecular complexity index is 415. The van der Waals surface area contributed by atoms with Crippen molar-refractivity contribution in [3.63, 3.8) is 0 Å². The summed E-state index contributed by atoms with van der Waals surface area (Å²) in [5.74, 6) is -0.637. The third kappa shape index (κ3) is 2.01. The number of rotatable bonds is 3. The molecule has 0 radical (unpaired) electrons. The second kappa shape index (κ2) is 4.12. The average molecular weight is 222 g/mol. The van der Waals surface area contributed by atoms with E-state index in [-0.39, 0.29) is 11.6 Å². The lowest BCUT2D eigenvalue weighted by molar-refractivity contribution is 0.0752. The largest absolute Gasteiger partial charge is 0.396 e. The monoisotopic (exact) mass is 222 g/mol. The summed E-state index contributed by atoms with van der Waals surface area (Å²) in [6, 6.07) is 4.57. The Balaban J connectivity index is 2.22. The number of benzene rings is 1. The van der Waals surface area contributed by atoms with E-state index in [0.29, 0.717) is 18.2 Å². The van der Waals surface area contributed by atoms with E-state index in [4.69, 9.17) is 5.73 Å². The van der Waals surface area contributed by atoms with Gasteiger partial charge in [-0.3, -0.25) is 4.79 Å². The molecule has 2 rings (SSSR count). The quantitative estimate of drug-likeness (QED) is 0.795. The maximum atomic E-state index is 13.2. The molecular formula is C12H15FN2O. The van der Waals surface area contributed by atoms with E-state index in [1.165, 1.54) is 12.1 Å². The number of anilines is 1. The fraction of sp³-hybridized carbons (Fsp3) is 0.417. The van der Waals surface area contributed by atoms with Gasteiger partial charge in [0.1, 0.15) is 5.82 Å². The number of nitrogen functional groups attached to an aromatic ring is 1. The number of amides is 1. The Morgan fingerprint density at radius 1 is 1.56 bits per heavy atom. The van der Waals surface area contributed by atoms with Gasteiger partial charge in [0.25, 0.3) is 5.91 Å². The molecule has 0 bridgehead atoms. The molecule has 4 heteroatoms. The molecule has 0 heterocycles. The third-order valence-electron chi connectivity index (χ3n) is 2.84. The molecule has 16 heavy (non-hydrogen) atoms. The van der Waals surface area contributed by atoms with Gasteiger partial charge >= 0.3 is 0 Å². The predicted octanol–water partition coefficient (Wildman–Crippen LogP) is 2.03. The van der Waals surface area contributed by atoms with Crippen molar-refractivity contribution in [3.8, 4) is 0 Å². The van der Waals surface area contributed by atoms with Crippen LogP contribution >= 0.6 is 0 Å². The number of hydrogen-bond acceptors (Lipinski definition) is 2. The predicted molar refractivity (Wildman–Crippen MR) is 60.5 cm³/mol. The normalized spacial score (nSPS) is 14.9. The van der Waals surface area contributed by atoms with Crippen LogP contribution < -0.4 is 5.73 Å². The summed E-state index contributed by atoms with van der Waals surface area (Å²) in [5, 5.41) is 0. The number of halogens is 1. The Morgan fingerprint density at radius 3 is 2.75 bits per heavy atom. The van der Waals surface area contributed by atoms with Crippen LogP contribution in [0, 0.1) is 5.82 Å². The van der Waals surface area contributed by atoms with Gasteiger partial charge in [0, 0.05) is 18.2 Å². The lowest BCUT2D eigenvalue weighted by Gasteiger charge is -2.20.